The van der Waals surface area contributed by atoms with Gasteiger partial charge in [0.25, 0.3) is 0 Å². The summed E-state index contributed by atoms with van der Waals surface area (Å²) in [6.45, 7) is 4.00. The third-order valence-electron chi connectivity index (χ3n) is 3.55. The number of ketones is 1. The maximum Gasteiger partial charge on any atom is 0.337 e. The lowest BCUT2D eigenvalue weighted by Crippen LogP contribution is -2.00. The standard InChI is InChI=1S/C19H18O3/c1-13-4-8-17(12-14(13)2)18(20)11-7-15-5-9-16(10-6-15)19(21)22-3/h4-12H,1-3H3/b11-7+. The highest BCUT2D eigenvalue weighted by Gasteiger charge is 2.05. The highest BCUT2D eigenvalue weighted by molar-refractivity contribution is 6.07. The first-order valence-corrected chi connectivity index (χ1v) is 6.99. The van der Waals surface area contributed by atoms with Crippen molar-refractivity contribution in [1.82, 2.24) is 0 Å². The summed E-state index contributed by atoms with van der Waals surface area (Å²) < 4.78 is 4.64. The number of rotatable bonds is 4. The molecule has 2 rings (SSSR count). The van der Waals surface area contributed by atoms with E-state index >= 15 is 0 Å². The van der Waals surface area contributed by atoms with E-state index in [1.54, 1.807) is 30.3 Å². The summed E-state index contributed by atoms with van der Waals surface area (Å²) in [5.74, 6) is -0.415. The van der Waals surface area contributed by atoms with Gasteiger partial charge in [-0.05, 0) is 54.8 Å². The average molecular weight is 294 g/mol. The van der Waals surface area contributed by atoms with Crippen molar-refractivity contribution in [1.29, 1.82) is 0 Å². The Hall–Kier alpha value is -2.68. The fourth-order valence-electron chi connectivity index (χ4n) is 2.01. The number of allylic oxidation sites excluding steroid dienone is 1. The lowest BCUT2D eigenvalue weighted by atomic mass is 10.0. The van der Waals surface area contributed by atoms with E-state index in [2.05, 4.69) is 4.74 Å². The van der Waals surface area contributed by atoms with E-state index in [1.165, 1.54) is 18.7 Å². The Balaban J connectivity index is 2.12. The van der Waals surface area contributed by atoms with Crippen LogP contribution >= 0.6 is 0 Å². The summed E-state index contributed by atoms with van der Waals surface area (Å²) >= 11 is 0. The third kappa shape index (κ3) is 3.70. The topological polar surface area (TPSA) is 43.4 Å². The fraction of sp³-hybridized carbons (Fsp3) is 0.158. The lowest BCUT2D eigenvalue weighted by Gasteiger charge is -2.02. The van der Waals surface area contributed by atoms with Crippen LogP contribution in [0.15, 0.2) is 48.5 Å². The summed E-state index contributed by atoms with van der Waals surface area (Å²) in [5.41, 5.74) is 4.27. The first-order chi connectivity index (χ1) is 10.5. The smallest absolute Gasteiger partial charge is 0.337 e. The lowest BCUT2D eigenvalue weighted by molar-refractivity contribution is 0.0600. The minimum Gasteiger partial charge on any atom is -0.465 e. The molecule has 0 aliphatic carbocycles. The van der Waals surface area contributed by atoms with Crippen molar-refractivity contribution >= 4 is 17.8 Å². The van der Waals surface area contributed by atoms with Crippen molar-refractivity contribution in [2.45, 2.75) is 13.8 Å². The molecule has 0 atom stereocenters. The molecule has 0 aliphatic heterocycles. The molecule has 0 aromatic heterocycles. The Kier molecular flexibility index (Phi) is 4.89. The number of esters is 1. The number of carbonyl (C=O) groups excluding carboxylic acids is 2. The van der Waals surface area contributed by atoms with Gasteiger partial charge in [0, 0.05) is 5.56 Å². The maximum atomic E-state index is 12.1. The largest absolute Gasteiger partial charge is 0.465 e. The Morgan fingerprint density at radius 2 is 1.55 bits per heavy atom. The molecule has 0 aliphatic rings. The first-order valence-electron chi connectivity index (χ1n) is 6.99. The second-order valence-corrected chi connectivity index (χ2v) is 5.11. The molecule has 0 heterocycles. The van der Waals surface area contributed by atoms with Gasteiger partial charge in [0.05, 0.1) is 12.7 Å². The Morgan fingerprint density at radius 3 is 2.14 bits per heavy atom. The van der Waals surface area contributed by atoms with E-state index in [0.29, 0.717) is 11.1 Å². The number of ether oxygens (including phenoxy) is 1. The molecular formula is C19H18O3. The normalized spacial score (nSPS) is 10.7. The zero-order valence-corrected chi connectivity index (χ0v) is 12.9. The molecule has 0 radical (unpaired) electrons. The molecule has 0 amide bonds. The molecule has 0 N–H and O–H groups in total. The predicted molar refractivity (Wildman–Crippen MR) is 87.1 cm³/mol. The van der Waals surface area contributed by atoms with Crippen LogP contribution in [0.25, 0.3) is 6.08 Å². The first kappa shape index (κ1) is 15.7. The minimum atomic E-state index is -0.373. The zero-order chi connectivity index (χ0) is 16.1. The summed E-state index contributed by atoms with van der Waals surface area (Å²) in [4.78, 5) is 23.5. The van der Waals surface area contributed by atoms with Crippen molar-refractivity contribution in [3.05, 3.63) is 76.4 Å². The van der Waals surface area contributed by atoms with E-state index in [9.17, 15) is 9.59 Å². The van der Waals surface area contributed by atoms with Gasteiger partial charge in [0.1, 0.15) is 0 Å². The molecule has 0 spiro atoms. The van der Waals surface area contributed by atoms with E-state index in [0.717, 1.165) is 11.1 Å². The molecular weight excluding hydrogens is 276 g/mol. The zero-order valence-electron chi connectivity index (χ0n) is 12.9. The SMILES string of the molecule is COC(=O)c1ccc(/C=C/C(=O)c2ccc(C)c(C)c2)cc1. The van der Waals surface area contributed by atoms with E-state index in [-0.39, 0.29) is 11.8 Å². The molecule has 112 valence electrons. The second-order valence-electron chi connectivity index (χ2n) is 5.11. The van der Waals surface area contributed by atoms with E-state index in [1.807, 2.05) is 32.0 Å². The van der Waals surface area contributed by atoms with Gasteiger partial charge < -0.3 is 4.74 Å². The molecule has 22 heavy (non-hydrogen) atoms. The summed E-state index contributed by atoms with van der Waals surface area (Å²) in [7, 11) is 1.35. The molecule has 2 aromatic carbocycles. The Morgan fingerprint density at radius 1 is 0.909 bits per heavy atom. The van der Waals surface area contributed by atoms with Gasteiger partial charge in [0.2, 0.25) is 0 Å². The average Bonchev–Trinajstić information content (AvgIpc) is 2.54. The van der Waals surface area contributed by atoms with Crippen molar-refractivity contribution < 1.29 is 14.3 Å². The van der Waals surface area contributed by atoms with Gasteiger partial charge in [-0.3, -0.25) is 4.79 Å². The molecule has 2 aromatic rings. The van der Waals surface area contributed by atoms with Gasteiger partial charge >= 0.3 is 5.97 Å². The summed E-state index contributed by atoms with van der Waals surface area (Å²) in [6, 6.07) is 12.6. The van der Waals surface area contributed by atoms with Crippen LogP contribution in [0.4, 0.5) is 0 Å². The molecule has 0 bridgehead atoms. The van der Waals surface area contributed by atoms with Crippen LogP contribution in [-0.4, -0.2) is 18.9 Å². The highest BCUT2D eigenvalue weighted by atomic mass is 16.5. The predicted octanol–water partition coefficient (Wildman–Crippen LogP) is 3.99. The molecule has 3 heteroatoms. The third-order valence-corrected chi connectivity index (χ3v) is 3.55. The number of methoxy groups -OCH3 is 1. The maximum absolute atomic E-state index is 12.1. The van der Waals surface area contributed by atoms with Gasteiger partial charge in [-0.15, -0.1) is 0 Å². The Labute approximate surface area is 130 Å². The number of aryl methyl sites for hydroxylation is 2. The molecule has 3 nitrogen and oxygen atoms in total. The molecule has 0 fully saturated rings. The van der Waals surface area contributed by atoms with Crippen LogP contribution in [0.3, 0.4) is 0 Å². The number of hydrogen-bond donors (Lipinski definition) is 0. The van der Waals surface area contributed by atoms with Crippen molar-refractivity contribution in [3.63, 3.8) is 0 Å². The molecule has 0 unspecified atom stereocenters. The quantitative estimate of drug-likeness (QED) is 0.486. The van der Waals surface area contributed by atoms with Crippen LogP contribution in [0.5, 0.6) is 0 Å². The second kappa shape index (κ2) is 6.85. The van der Waals surface area contributed by atoms with E-state index < -0.39 is 0 Å². The summed E-state index contributed by atoms with van der Waals surface area (Å²) in [6.07, 6.45) is 3.27. The van der Waals surface area contributed by atoms with Crippen LogP contribution in [0.1, 0.15) is 37.4 Å². The van der Waals surface area contributed by atoms with Gasteiger partial charge in [-0.2, -0.15) is 0 Å². The van der Waals surface area contributed by atoms with Crippen molar-refractivity contribution in [3.8, 4) is 0 Å². The van der Waals surface area contributed by atoms with Crippen LogP contribution in [-0.2, 0) is 4.74 Å². The van der Waals surface area contributed by atoms with Crippen LogP contribution < -0.4 is 0 Å². The van der Waals surface area contributed by atoms with E-state index in [4.69, 9.17) is 0 Å². The van der Waals surface area contributed by atoms with Crippen molar-refractivity contribution in [2.75, 3.05) is 7.11 Å². The van der Waals surface area contributed by atoms with Crippen LogP contribution in [0.2, 0.25) is 0 Å². The number of carbonyl (C=O) groups is 2. The number of hydrogen-bond acceptors (Lipinski definition) is 3. The van der Waals surface area contributed by atoms with Gasteiger partial charge in [0.15, 0.2) is 5.78 Å². The molecule has 0 saturated heterocycles. The van der Waals surface area contributed by atoms with Gasteiger partial charge in [-0.1, -0.05) is 30.3 Å². The van der Waals surface area contributed by atoms with Crippen molar-refractivity contribution in [2.24, 2.45) is 0 Å². The van der Waals surface area contributed by atoms with Gasteiger partial charge in [-0.25, -0.2) is 4.79 Å². The fourth-order valence-corrected chi connectivity index (χ4v) is 2.01. The molecule has 0 saturated carbocycles. The highest BCUT2D eigenvalue weighted by Crippen LogP contribution is 2.12. The number of benzene rings is 2. The van der Waals surface area contributed by atoms with Crippen LogP contribution in [0, 0.1) is 13.8 Å². The monoisotopic (exact) mass is 294 g/mol. The minimum absolute atomic E-state index is 0.0415. The summed E-state index contributed by atoms with van der Waals surface area (Å²) in [5, 5.41) is 0. The Bertz CT molecular complexity index is 725.